The van der Waals surface area contributed by atoms with Gasteiger partial charge in [0.05, 0.1) is 11.4 Å². The molecular formula is C27H15N3O6. The van der Waals surface area contributed by atoms with E-state index in [9.17, 15) is 24.4 Å². The first-order valence-electron chi connectivity index (χ1n) is 10.7. The molecule has 9 nitrogen and oxygen atoms in total. The van der Waals surface area contributed by atoms with Crippen LogP contribution >= 0.6 is 0 Å². The quantitative estimate of drug-likeness (QED) is 0.493. The van der Waals surface area contributed by atoms with Gasteiger partial charge in [0, 0.05) is 24.3 Å². The molecule has 2 heterocycles. The number of carbonyl (C=O) groups excluding carboxylic acids is 4. The number of nitriles is 1. The van der Waals surface area contributed by atoms with Gasteiger partial charge in [-0.1, -0.05) is 6.07 Å². The largest absolute Gasteiger partial charge is 0.456 e. The average molecular weight is 477 g/mol. The molecule has 0 saturated carbocycles. The Morgan fingerprint density at radius 3 is 1.25 bits per heavy atom. The normalized spacial score (nSPS) is 14.5. The van der Waals surface area contributed by atoms with Gasteiger partial charge in [-0.15, -0.1) is 0 Å². The highest BCUT2D eigenvalue weighted by molar-refractivity contribution is 6.28. The molecule has 9 heteroatoms. The van der Waals surface area contributed by atoms with Crippen molar-refractivity contribution in [2.45, 2.75) is 0 Å². The molecule has 5 rings (SSSR count). The van der Waals surface area contributed by atoms with Crippen molar-refractivity contribution in [2.24, 2.45) is 0 Å². The number of carbonyl (C=O) groups is 4. The monoisotopic (exact) mass is 477 g/mol. The number of amides is 4. The summed E-state index contributed by atoms with van der Waals surface area (Å²) in [4.78, 5) is 49.5. The summed E-state index contributed by atoms with van der Waals surface area (Å²) < 4.78 is 11.7. The Morgan fingerprint density at radius 2 is 0.917 bits per heavy atom. The molecule has 0 unspecified atom stereocenters. The van der Waals surface area contributed by atoms with E-state index < -0.39 is 23.6 Å². The maximum atomic E-state index is 11.8. The second kappa shape index (κ2) is 9.04. The van der Waals surface area contributed by atoms with Crippen LogP contribution in [0, 0.1) is 11.3 Å². The zero-order chi connectivity index (χ0) is 25.2. The van der Waals surface area contributed by atoms with Crippen molar-refractivity contribution in [3.05, 3.63) is 96.6 Å². The van der Waals surface area contributed by atoms with Gasteiger partial charge in [0.2, 0.25) is 0 Å². The number of benzene rings is 3. The molecule has 174 valence electrons. The highest BCUT2D eigenvalue weighted by atomic mass is 16.5. The Morgan fingerprint density at radius 1 is 0.556 bits per heavy atom. The Bertz CT molecular complexity index is 1370. The zero-order valence-electron chi connectivity index (χ0n) is 18.5. The molecule has 0 saturated heterocycles. The van der Waals surface area contributed by atoms with Gasteiger partial charge in [-0.3, -0.25) is 19.2 Å². The van der Waals surface area contributed by atoms with Crippen LogP contribution in [0.15, 0.2) is 91.0 Å². The van der Waals surface area contributed by atoms with Crippen molar-refractivity contribution in [1.29, 1.82) is 5.26 Å². The third kappa shape index (κ3) is 4.10. The Balaban J connectivity index is 1.33. The van der Waals surface area contributed by atoms with E-state index in [2.05, 4.69) is 6.07 Å². The summed E-state index contributed by atoms with van der Waals surface area (Å²) in [5, 5.41) is 9.76. The maximum absolute atomic E-state index is 11.8. The van der Waals surface area contributed by atoms with Crippen molar-refractivity contribution in [2.75, 3.05) is 9.80 Å². The minimum absolute atomic E-state index is 0.147. The molecule has 2 aliphatic heterocycles. The van der Waals surface area contributed by atoms with E-state index in [4.69, 9.17) is 9.47 Å². The summed E-state index contributed by atoms with van der Waals surface area (Å²) >= 11 is 0. The Hall–Kier alpha value is -5.49. The number of hydrogen-bond acceptors (Lipinski definition) is 7. The molecule has 36 heavy (non-hydrogen) atoms. The predicted octanol–water partition coefficient (Wildman–Crippen LogP) is 4.00. The molecule has 0 bridgehead atoms. The molecule has 0 fully saturated rings. The van der Waals surface area contributed by atoms with Gasteiger partial charge in [-0.05, 0) is 60.7 Å². The van der Waals surface area contributed by atoms with E-state index in [-0.39, 0.29) is 17.1 Å². The number of imide groups is 2. The average Bonchev–Trinajstić information content (AvgIpc) is 3.40. The van der Waals surface area contributed by atoms with Gasteiger partial charge in [0.25, 0.3) is 23.6 Å². The molecule has 0 N–H and O–H groups in total. The van der Waals surface area contributed by atoms with Crippen molar-refractivity contribution in [1.82, 2.24) is 0 Å². The standard InChI is InChI=1S/C27H15N3O6/c28-16-21-22(35-19-8-4-17(5-9-19)29-24(31)12-13-25(29)32)2-1-3-23(21)36-20-10-6-18(7-11-20)30-26(33)14-15-27(30)34/h1-15H. The fourth-order valence-electron chi connectivity index (χ4n) is 3.68. The van der Waals surface area contributed by atoms with Crippen LogP contribution in [-0.2, 0) is 19.2 Å². The van der Waals surface area contributed by atoms with Crippen LogP contribution in [-0.4, -0.2) is 23.6 Å². The van der Waals surface area contributed by atoms with Crippen molar-refractivity contribution < 1.29 is 28.7 Å². The highest BCUT2D eigenvalue weighted by Crippen LogP contribution is 2.35. The molecule has 2 aliphatic rings. The third-order valence-electron chi connectivity index (χ3n) is 5.36. The van der Waals surface area contributed by atoms with Gasteiger partial charge in [0.15, 0.2) is 0 Å². The number of hydrogen-bond donors (Lipinski definition) is 0. The topological polar surface area (TPSA) is 117 Å². The summed E-state index contributed by atoms with van der Waals surface area (Å²) in [5.41, 5.74) is 0.946. The Labute approximate surface area is 204 Å². The molecular weight excluding hydrogens is 462 g/mol. The van der Waals surface area contributed by atoms with Crippen LogP contribution in [0.1, 0.15) is 5.56 Å². The third-order valence-corrected chi connectivity index (χ3v) is 5.36. The second-order valence-electron chi connectivity index (χ2n) is 7.62. The van der Waals surface area contributed by atoms with E-state index in [0.717, 1.165) is 9.80 Å². The van der Waals surface area contributed by atoms with E-state index >= 15 is 0 Å². The molecule has 4 amide bonds. The van der Waals surface area contributed by atoms with Crippen LogP contribution in [0.2, 0.25) is 0 Å². The molecule has 0 radical (unpaired) electrons. The Kier molecular flexibility index (Phi) is 5.60. The number of rotatable bonds is 6. The first kappa shape index (κ1) is 22.3. The first-order chi connectivity index (χ1) is 17.4. The van der Waals surface area contributed by atoms with E-state index in [1.165, 1.54) is 24.3 Å². The maximum Gasteiger partial charge on any atom is 0.258 e. The molecule has 0 atom stereocenters. The van der Waals surface area contributed by atoms with Crippen molar-refractivity contribution in [3.8, 4) is 29.1 Å². The van der Waals surface area contributed by atoms with E-state index in [0.29, 0.717) is 22.9 Å². The lowest BCUT2D eigenvalue weighted by molar-refractivity contribution is -0.121. The first-order valence-corrected chi connectivity index (χ1v) is 10.7. The van der Waals surface area contributed by atoms with E-state index in [1.54, 1.807) is 66.7 Å². The van der Waals surface area contributed by atoms with Crippen LogP contribution < -0.4 is 19.3 Å². The number of ether oxygens (including phenoxy) is 2. The summed E-state index contributed by atoms with van der Waals surface area (Å²) in [6, 6.07) is 19.5. The summed E-state index contributed by atoms with van der Waals surface area (Å²) in [6.45, 7) is 0. The zero-order valence-corrected chi connectivity index (χ0v) is 18.5. The second-order valence-corrected chi connectivity index (χ2v) is 7.62. The van der Waals surface area contributed by atoms with Crippen molar-refractivity contribution >= 4 is 35.0 Å². The van der Waals surface area contributed by atoms with Gasteiger partial charge >= 0.3 is 0 Å². The molecule has 0 aliphatic carbocycles. The summed E-state index contributed by atoms with van der Waals surface area (Å²) in [6.07, 6.45) is 4.81. The lowest BCUT2D eigenvalue weighted by Crippen LogP contribution is -2.29. The summed E-state index contributed by atoms with van der Waals surface area (Å²) in [5.74, 6) is -0.429. The fraction of sp³-hybridized carbons (Fsp3) is 0. The minimum atomic E-state index is -0.423. The van der Waals surface area contributed by atoms with Crippen LogP contribution in [0.3, 0.4) is 0 Å². The molecule has 3 aromatic carbocycles. The smallest absolute Gasteiger partial charge is 0.258 e. The summed E-state index contributed by atoms with van der Waals surface area (Å²) in [7, 11) is 0. The predicted molar refractivity (Wildman–Crippen MR) is 127 cm³/mol. The van der Waals surface area contributed by atoms with Crippen LogP contribution in [0.25, 0.3) is 0 Å². The van der Waals surface area contributed by atoms with Gasteiger partial charge in [-0.2, -0.15) is 5.26 Å². The fourth-order valence-corrected chi connectivity index (χ4v) is 3.68. The molecule has 0 spiro atoms. The number of nitrogens with zero attached hydrogens (tertiary/aromatic N) is 3. The SMILES string of the molecule is N#Cc1c(Oc2ccc(N3C(=O)C=CC3=O)cc2)cccc1Oc1ccc(N2C(=O)C=CC2=O)cc1. The number of anilines is 2. The highest BCUT2D eigenvalue weighted by Gasteiger charge is 2.26. The van der Waals surface area contributed by atoms with Crippen LogP contribution in [0.5, 0.6) is 23.0 Å². The van der Waals surface area contributed by atoms with Gasteiger partial charge < -0.3 is 9.47 Å². The lowest BCUT2D eigenvalue weighted by Gasteiger charge is -2.16. The van der Waals surface area contributed by atoms with Crippen molar-refractivity contribution in [3.63, 3.8) is 0 Å². The van der Waals surface area contributed by atoms with Gasteiger partial charge in [-0.25, -0.2) is 9.80 Å². The molecule has 0 aromatic heterocycles. The van der Waals surface area contributed by atoms with Crippen LogP contribution in [0.4, 0.5) is 11.4 Å². The lowest BCUT2D eigenvalue weighted by atomic mass is 10.2. The minimum Gasteiger partial charge on any atom is -0.456 e. The molecule has 3 aromatic rings. The van der Waals surface area contributed by atoms with E-state index in [1.807, 2.05) is 0 Å². The van der Waals surface area contributed by atoms with Gasteiger partial charge in [0.1, 0.15) is 34.6 Å².